The molecule has 2 heterocycles. The molecule has 35 heavy (non-hydrogen) atoms. The van der Waals surface area contributed by atoms with Crippen molar-refractivity contribution in [3.63, 3.8) is 0 Å². The van der Waals surface area contributed by atoms with Gasteiger partial charge in [-0.1, -0.05) is 42.5 Å². The molecular weight excluding hydrogens is 453 g/mol. The molecule has 3 aromatic carbocycles. The highest BCUT2D eigenvalue weighted by atomic mass is 19.1. The van der Waals surface area contributed by atoms with E-state index < -0.39 is 52.7 Å². The van der Waals surface area contributed by atoms with Crippen molar-refractivity contribution in [1.82, 2.24) is 0 Å². The smallest absolute Gasteiger partial charge is 0.241 e. The maximum absolute atomic E-state index is 14.9. The lowest BCUT2D eigenvalue weighted by atomic mass is 9.77. The van der Waals surface area contributed by atoms with Gasteiger partial charge in [-0.05, 0) is 30.3 Å². The molecule has 174 valence electrons. The molecule has 3 aliphatic rings. The Morgan fingerprint density at radius 2 is 1.43 bits per heavy atom. The molecule has 0 unspecified atom stereocenters. The number of ketones is 2. The Kier molecular flexibility index (Phi) is 4.53. The fourth-order valence-corrected chi connectivity index (χ4v) is 5.49. The van der Waals surface area contributed by atoms with Crippen LogP contribution in [-0.2, 0) is 14.3 Å². The van der Waals surface area contributed by atoms with E-state index in [1.54, 1.807) is 30.3 Å². The van der Waals surface area contributed by atoms with Crippen LogP contribution in [0, 0.1) is 17.7 Å². The zero-order valence-corrected chi connectivity index (χ0v) is 18.4. The van der Waals surface area contributed by atoms with Gasteiger partial charge in [0.15, 0.2) is 0 Å². The summed E-state index contributed by atoms with van der Waals surface area (Å²) < 4.78 is 26.1. The van der Waals surface area contributed by atoms with E-state index in [2.05, 4.69) is 0 Å². The molecule has 0 saturated carbocycles. The van der Waals surface area contributed by atoms with Crippen LogP contribution in [0.15, 0.2) is 72.8 Å². The third-order valence-electron chi connectivity index (χ3n) is 7.06. The van der Waals surface area contributed by atoms with Gasteiger partial charge in [0.2, 0.25) is 29.0 Å². The number of benzene rings is 3. The van der Waals surface area contributed by atoms with E-state index in [-0.39, 0.29) is 22.4 Å². The SMILES string of the molecule is COc1ccc(N2C(=O)[C@H]3[C@@H](C2=O)C2(O[C@H]3c3ccccc3F)C(=O)c3ccccc3C2=O)cc1. The van der Waals surface area contributed by atoms with Gasteiger partial charge in [-0.3, -0.25) is 19.2 Å². The van der Waals surface area contributed by atoms with Crippen molar-refractivity contribution >= 4 is 29.1 Å². The summed E-state index contributed by atoms with van der Waals surface area (Å²) in [6, 6.07) is 18.1. The highest BCUT2D eigenvalue weighted by molar-refractivity contribution is 6.37. The van der Waals surface area contributed by atoms with E-state index in [1.165, 1.54) is 49.6 Å². The first-order chi connectivity index (χ1) is 16.9. The zero-order valence-electron chi connectivity index (χ0n) is 18.4. The van der Waals surface area contributed by atoms with Gasteiger partial charge < -0.3 is 9.47 Å². The second kappa shape index (κ2) is 7.41. The molecule has 3 aromatic rings. The largest absolute Gasteiger partial charge is 0.497 e. The van der Waals surface area contributed by atoms with Crippen molar-refractivity contribution in [2.24, 2.45) is 11.8 Å². The molecule has 2 saturated heterocycles. The normalized spacial score (nSPS) is 24.3. The molecular formula is C27H18FNO6. The van der Waals surface area contributed by atoms with Crippen LogP contribution in [0.1, 0.15) is 32.4 Å². The fourth-order valence-electron chi connectivity index (χ4n) is 5.49. The maximum atomic E-state index is 14.9. The first kappa shape index (κ1) is 21.4. The van der Waals surface area contributed by atoms with E-state index >= 15 is 0 Å². The standard InChI is InChI=1S/C27H18FNO6/c1-34-15-12-10-14(11-13-15)29-25(32)20-21(26(29)33)27(35-22(20)18-8-4-5-9-19(18)28)23(30)16-6-2-3-7-17(16)24(27)31/h2-13,20-22H,1H3/t20-,21-,22-/m0/s1. The molecule has 6 rings (SSSR count). The Balaban J connectivity index is 1.54. The number of hydrogen-bond donors (Lipinski definition) is 0. The molecule has 3 atom stereocenters. The van der Waals surface area contributed by atoms with Crippen LogP contribution in [0.25, 0.3) is 0 Å². The van der Waals surface area contributed by atoms with Crippen molar-refractivity contribution < 1.29 is 33.0 Å². The van der Waals surface area contributed by atoms with Gasteiger partial charge in [-0.15, -0.1) is 0 Å². The van der Waals surface area contributed by atoms with Crippen LogP contribution in [0.4, 0.5) is 10.1 Å². The molecule has 0 aromatic heterocycles. The fraction of sp³-hybridized carbons (Fsp3) is 0.185. The monoisotopic (exact) mass is 471 g/mol. The number of rotatable bonds is 3. The van der Waals surface area contributed by atoms with E-state index in [0.29, 0.717) is 5.75 Å². The molecule has 2 amide bonds. The first-order valence-electron chi connectivity index (χ1n) is 11.0. The topological polar surface area (TPSA) is 90.0 Å². The Morgan fingerprint density at radius 1 is 0.829 bits per heavy atom. The van der Waals surface area contributed by atoms with Gasteiger partial charge in [0.1, 0.15) is 11.6 Å². The molecule has 1 aliphatic carbocycles. The quantitative estimate of drug-likeness (QED) is 0.429. The van der Waals surface area contributed by atoms with Crippen LogP contribution < -0.4 is 9.64 Å². The van der Waals surface area contributed by atoms with E-state index in [1.807, 2.05) is 0 Å². The highest BCUT2D eigenvalue weighted by Crippen LogP contribution is 2.58. The predicted molar refractivity (Wildman–Crippen MR) is 121 cm³/mol. The number of anilines is 1. The summed E-state index contributed by atoms with van der Waals surface area (Å²) >= 11 is 0. The number of halogens is 1. The zero-order chi connectivity index (χ0) is 24.5. The van der Waals surface area contributed by atoms with E-state index in [0.717, 1.165) is 4.90 Å². The van der Waals surface area contributed by atoms with Crippen molar-refractivity contribution in [2.75, 3.05) is 12.0 Å². The number of ether oxygens (including phenoxy) is 2. The lowest BCUT2D eigenvalue weighted by Crippen LogP contribution is -2.51. The Hall–Kier alpha value is -4.17. The summed E-state index contributed by atoms with van der Waals surface area (Å²) in [7, 11) is 1.49. The number of carbonyl (C=O) groups is 4. The van der Waals surface area contributed by atoms with Crippen molar-refractivity contribution in [3.05, 3.63) is 95.3 Å². The lowest BCUT2D eigenvalue weighted by molar-refractivity contribution is -0.127. The molecule has 0 N–H and O–H groups in total. The van der Waals surface area contributed by atoms with Gasteiger partial charge in [-0.2, -0.15) is 0 Å². The first-order valence-corrected chi connectivity index (χ1v) is 11.0. The van der Waals surface area contributed by atoms with Gasteiger partial charge in [0.05, 0.1) is 30.7 Å². The minimum absolute atomic E-state index is 0.00802. The molecule has 2 aliphatic heterocycles. The van der Waals surface area contributed by atoms with E-state index in [4.69, 9.17) is 9.47 Å². The summed E-state index contributed by atoms with van der Waals surface area (Å²) in [4.78, 5) is 55.8. The number of hydrogen-bond acceptors (Lipinski definition) is 6. The average Bonchev–Trinajstić information content (AvgIpc) is 3.44. The van der Waals surface area contributed by atoms with Crippen LogP contribution in [0.5, 0.6) is 5.75 Å². The summed E-state index contributed by atoms with van der Waals surface area (Å²) in [5.41, 5.74) is -1.74. The van der Waals surface area contributed by atoms with Gasteiger partial charge >= 0.3 is 0 Å². The van der Waals surface area contributed by atoms with Crippen molar-refractivity contribution in [2.45, 2.75) is 11.7 Å². The number of methoxy groups -OCH3 is 1. The van der Waals surface area contributed by atoms with Crippen LogP contribution in [0.2, 0.25) is 0 Å². The Labute approximate surface area is 199 Å². The van der Waals surface area contributed by atoms with Gasteiger partial charge in [-0.25, -0.2) is 9.29 Å². The third-order valence-corrected chi connectivity index (χ3v) is 7.06. The number of Topliss-reactive ketones (excluding diaryl/α,β-unsaturated/α-hetero) is 2. The number of carbonyl (C=O) groups excluding carboxylic acids is 4. The number of nitrogens with zero attached hydrogens (tertiary/aromatic N) is 1. The summed E-state index contributed by atoms with van der Waals surface area (Å²) in [6.45, 7) is 0. The van der Waals surface area contributed by atoms with Crippen molar-refractivity contribution in [3.8, 4) is 5.75 Å². The summed E-state index contributed by atoms with van der Waals surface area (Å²) in [5.74, 6) is -5.61. The van der Waals surface area contributed by atoms with Crippen molar-refractivity contribution in [1.29, 1.82) is 0 Å². The van der Waals surface area contributed by atoms with E-state index in [9.17, 15) is 23.6 Å². The minimum atomic E-state index is -2.24. The number of fused-ring (bicyclic) bond motifs is 3. The molecule has 7 nitrogen and oxygen atoms in total. The Bertz CT molecular complexity index is 1400. The second-order valence-electron chi connectivity index (χ2n) is 8.71. The summed E-state index contributed by atoms with van der Waals surface area (Å²) in [5, 5.41) is 0. The molecule has 2 fully saturated rings. The minimum Gasteiger partial charge on any atom is -0.497 e. The van der Waals surface area contributed by atoms with Gasteiger partial charge in [0.25, 0.3) is 0 Å². The molecule has 1 spiro atoms. The van der Waals surface area contributed by atoms with Crippen LogP contribution in [-0.4, -0.2) is 36.1 Å². The third kappa shape index (κ3) is 2.68. The van der Waals surface area contributed by atoms with Crippen LogP contribution >= 0.6 is 0 Å². The second-order valence-corrected chi connectivity index (χ2v) is 8.71. The maximum Gasteiger partial charge on any atom is 0.241 e. The highest BCUT2D eigenvalue weighted by Gasteiger charge is 2.75. The number of imide groups is 1. The van der Waals surface area contributed by atoms with Crippen LogP contribution in [0.3, 0.4) is 0 Å². The Morgan fingerprint density at radius 3 is 2.03 bits per heavy atom. The average molecular weight is 471 g/mol. The molecule has 8 heteroatoms. The molecule has 0 bridgehead atoms. The lowest BCUT2D eigenvalue weighted by Gasteiger charge is -2.27. The predicted octanol–water partition coefficient (Wildman–Crippen LogP) is 3.53. The van der Waals surface area contributed by atoms with Gasteiger partial charge in [0, 0.05) is 16.7 Å². The molecule has 0 radical (unpaired) electrons. The number of amides is 2. The summed E-state index contributed by atoms with van der Waals surface area (Å²) in [6.07, 6.45) is -1.30.